The smallest absolute Gasteiger partial charge is 0.258 e. The molecule has 0 bridgehead atoms. The molecular weight excluding hydrogens is 338 g/mol. The van der Waals surface area contributed by atoms with Crippen LogP contribution in [-0.2, 0) is 4.79 Å². The first-order valence-electron chi connectivity index (χ1n) is 8.01. The molecule has 1 aromatic carbocycles. The summed E-state index contributed by atoms with van der Waals surface area (Å²) in [5, 5.41) is 3.32. The van der Waals surface area contributed by atoms with Gasteiger partial charge in [0.25, 0.3) is 5.91 Å². The Kier molecular flexibility index (Phi) is 6.14. The molecule has 134 valence electrons. The third-order valence-corrected chi connectivity index (χ3v) is 4.80. The number of thiazole rings is 1. The van der Waals surface area contributed by atoms with Crippen LogP contribution in [0.3, 0.4) is 0 Å². The monoisotopic (exact) mass is 361 g/mol. The van der Waals surface area contributed by atoms with E-state index in [1.54, 1.807) is 24.3 Å². The predicted molar refractivity (Wildman–Crippen MR) is 99.4 cm³/mol. The Balaban J connectivity index is 2.14. The van der Waals surface area contributed by atoms with E-state index in [-0.39, 0.29) is 24.4 Å². The second-order valence-corrected chi connectivity index (χ2v) is 7.14. The van der Waals surface area contributed by atoms with Crippen molar-refractivity contribution in [3.8, 4) is 5.75 Å². The van der Waals surface area contributed by atoms with E-state index < -0.39 is 0 Å². The number of anilines is 1. The molecule has 0 aliphatic heterocycles. The molecule has 0 spiro atoms. The van der Waals surface area contributed by atoms with Crippen LogP contribution in [0.15, 0.2) is 24.3 Å². The van der Waals surface area contributed by atoms with Gasteiger partial charge in [0.1, 0.15) is 12.3 Å². The molecule has 2 amide bonds. The van der Waals surface area contributed by atoms with Gasteiger partial charge in [-0.3, -0.25) is 9.59 Å². The molecule has 2 rings (SSSR count). The summed E-state index contributed by atoms with van der Waals surface area (Å²) in [4.78, 5) is 32.1. The van der Waals surface area contributed by atoms with Crippen molar-refractivity contribution in [1.82, 2.24) is 9.88 Å². The van der Waals surface area contributed by atoms with E-state index in [2.05, 4.69) is 10.3 Å². The van der Waals surface area contributed by atoms with Gasteiger partial charge in [0.2, 0.25) is 5.91 Å². The molecule has 0 aliphatic carbocycles. The maximum atomic E-state index is 12.9. The molecule has 7 heteroatoms. The molecule has 2 aromatic rings. The van der Waals surface area contributed by atoms with Crippen LogP contribution in [0.25, 0.3) is 0 Å². The molecule has 0 saturated carbocycles. The van der Waals surface area contributed by atoms with E-state index in [0.717, 1.165) is 10.6 Å². The van der Waals surface area contributed by atoms with E-state index in [9.17, 15) is 9.59 Å². The number of hydrogen-bond donors (Lipinski definition) is 1. The normalized spacial score (nSPS) is 10.6. The van der Waals surface area contributed by atoms with Gasteiger partial charge in [-0.1, -0.05) is 12.1 Å². The Labute approximate surface area is 151 Å². The number of methoxy groups -OCH3 is 1. The van der Waals surface area contributed by atoms with Crippen LogP contribution in [0.5, 0.6) is 5.75 Å². The Morgan fingerprint density at radius 2 is 1.96 bits per heavy atom. The van der Waals surface area contributed by atoms with Crippen molar-refractivity contribution < 1.29 is 14.3 Å². The average Bonchev–Trinajstić information content (AvgIpc) is 2.89. The van der Waals surface area contributed by atoms with Crippen LogP contribution in [-0.4, -0.2) is 41.4 Å². The number of aromatic nitrogens is 1. The third kappa shape index (κ3) is 4.57. The number of aryl methyl sites for hydroxylation is 2. The topological polar surface area (TPSA) is 71.5 Å². The van der Waals surface area contributed by atoms with Gasteiger partial charge in [-0.05, 0) is 39.8 Å². The van der Waals surface area contributed by atoms with E-state index >= 15 is 0 Å². The van der Waals surface area contributed by atoms with Gasteiger partial charge in [-0.15, -0.1) is 11.3 Å². The molecule has 0 fully saturated rings. The number of nitrogens with one attached hydrogen (secondary N) is 1. The van der Waals surface area contributed by atoms with Crippen molar-refractivity contribution in [3.05, 3.63) is 40.4 Å². The van der Waals surface area contributed by atoms with Gasteiger partial charge < -0.3 is 15.0 Å². The molecule has 0 saturated heterocycles. The molecule has 0 unspecified atom stereocenters. The maximum absolute atomic E-state index is 12.9. The van der Waals surface area contributed by atoms with Gasteiger partial charge in [0.05, 0.1) is 18.4 Å². The van der Waals surface area contributed by atoms with Crippen molar-refractivity contribution >= 4 is 28.3 Å². The summed E-state index contributed by atoms with van der Waals surface area (Å²) < 4.78 is 5.26. The number of para-hydroxylation sites is 1. The quantitative estimate of drug-likeness (QED) is 0.857. The second kappa shape index (κ2) is 8.11. The predicted octanol–water partition coefficient (Wildman–Crippen LogP) is 3.26. The number of carbonyl (C=O) groups is 2. The molecule has 6 nitrogen and oxygen atoms in total. The zero-order chi connectivity index (χ0) is 18.6. The highest BCUT2D eigenvalue weighted by molar-refractivity contribution is 7.15. The van der Waals surface area contributed by atoms with Gasteiger partial charge in [0, 0.05) is 10.9 Å². The standard InChI is InChI=1S/C18H23N3O3S/c1-11(2)21(17(23)14-8-6-7-9-15(14)24-5)10-16(22)20-18-19-12(3)13(4)25-18/h6-9,11H,10H2,1-5H3,(H,19,20,22). The maximum Gasteiger partial charge on any atom is 0.258 e. The molecule has 0 atom stereocenters. The summed E-state index contributed by atoms with van der Waals surface area (Å²) in [5.74, 6) is -0.0236. The number of carbonyl (C=O) groups excluding carboxylic acids is 2. The summed E-state index contributed by atoms with van der Waals surface area (Å²) in [6.45, 7) is 7.55. The Morgan fingerprint density at radius 1 is 1.28 bits per heavy atom. The van der Waals surface area contributed by atoms with Crippen molar-refractivity contribution in [1.29, 1.82) is 0 Å². The van der Waals surface area contributed by atoms with Crippen molar-refractivity contribution in [2.75, 3.05) is 19.0 Å². The van der Waals surface area contributed by atoms with Crippen LogP contribution >= 0.6 is 11.3 Å². The largest absolute Gasteiger partial charge is 0.496 e. The van der Waals surface area contributed by atoms with Crippen molar-refractivity contribution in [3.63, 3.8) is 0 Å². The lowest BCUT2D eigenvalue weighted by atomic mass is 10.1. The summed E-state index contributed by atoms with van der Waals surface area (Å²) in [5.41, 5.74) is 1.33. The fourth-order valence-corrected chi connectivity index (χ4v) is 3.14. The highest BCUT2D eigenvalue weighted by atomic mass is 32.1. The van der Waals surface area contributed by atoms with E-state index in [1.165, 1.54) is 23.3 Å². The highest BCUT2D eigenvalue weighted by Gasteiger charge is 2.24. The van der Waals surface area contributed by atoms with Crippen LogP contribution < -0.4 is 10.1 Å². The molecule has 0 aliphatic rings. The van der Waals surface area contributed by atoms with E-state index in [0.29, 0.717) is 16.4 Å². The van der Waals surface area contributed by atoms with Crippen molar-refractivity contribution in [2.45, 2.75) is 33.7 Å². The molecule has 1 aromatic heterocycles. The van der Waals surface area contributed by atoms with E-state index in [4.69, 9.17) is 4.74 Å². The third-order valence-electron chi connectivity index (χ3n) is 3.81. The minimum Gasteiger partial charge on any atom is -0.496 e. The average molecular weight is 361 g/mol. The number of nitrogens with zero attached hydrogens (tertiary/aromatic N) is 2. The van der Waals surface area contributed by atoms with Gasteiger partial charge in [0.15, 0.2) is 5.13 Å². The minimum atomic E-state index is -0.273. The molecule has 25 heavy (non-hydrogen) atoms. The molecule has 1 N–H and O–H groups in total. The molecular formula is C18H23N3O3S. The number of amides is 2. The number of rotatable bonds is 6. The van der Waals surface area contributed by atoms with Gasteiger partial charge in [-0.25, -0.2) is 4.98 Å². The zero-order valence-corrected chi connectivity index (χ0v) is 15.9. The first-order chi connectivity index (χ1) is 11.8. The van der Waals surface area contributed by atoms with Crippen LogP contribution in [0.2, 0.25) is 0 Å². The van der Waals surface area contributed by atoms with Crippen molar-refractivity contribution in [2.24, 2.45) is 0 Å². The SMILES string of the molecule is COc1ccccc1C(=O)N(CC(=O)Nc1nc(C)c(C)s1)C(C)C. The first kappa shape index (κ1) is 18.9. The van der Waals surface area contributed by atoms with Crippen LogP contribution in [0.4, 0.5) is 5.13 Å². The Hall–Kier alpha value is -2.41. The van der Waals surface area contributed by atoms with Gasteiger partial charge in [-0.2, -0.15) is 0 Å². The lowest BCUT2D eigenvalue weighted by Gasteiger charge is -2.26. The van der Waals surface area contributed by atoms with Gasteiger partial charge >= 0.3 is 0 Å². The highest BCUT2D eigenvalue weighted by Crippen LogP contribution is 2.22. The summed E-state index contributed by atoms with van der Waals surface area (Å²) in [6.07, 6.45) is 0. The molecule has 0 radical (unpaired) electrons. The summed E-state index contributed by atoms with van der Waals surface area (Å²) >= 11 is 1.42. The second-order valence-electron chi connectivity index (χ2n) is 5.94. The zero-order valence-electron chi connectivity index (χ0n) is 15.1. The number of hydrogen-bond acceptors (Lipinski definition) is 5. The van der Waals surface area contributed by atoms with E-state index in [1.807, 2.05) is 27.7 Å². The fraction of sp³-hybridized carbons (Fsp3) is 0.389. The fourth-order valence-electron chi connectivity index (χ4n) is 2.30. The Morgan fingerprint density at radius 3 is 2.52 bits per heavy atom. The van der Waals surface area contributed by atoms with Crippen LogP contribution in [0.1, 0.15) is 34.8 Å². The first-order valence-corrected chi connectivity index (χ1v) is 8.83. The minimum absolute atomic E-state index is 0.0494. The Bertz CT molecular complexity index is 751. The van der Waals surface area contributed by atoms with Crippen LogP contribution in [0, 0.1) is 13.8 Å². The summed E-state index contributed by atoms with van der Waals surface area (Å²) in [7, 11) is 1.52. The number of benzene rings is 1. The summed E-state index contributed by atoms with van der Waals surface area (Å²) in [6, 6.07) is 6.86. The number of ether oxygens (including phenoxy) is 1. The lowest BCUT2D eigenvalue weighted by Crippen LogP contribution is -2.42. The molecule has 1 heterocycles. The lowest BCUT2D eigenvalue weighted by molar-refractivity contribution is -0.117.